The predicted octanol–water partition coefficient (Wildman–Crippen LogP) is 1.49. The molecule has 0 bridgehead atoms. The van der Waals surface area contributed by atoms with Gasteiger partial charge in [0.1, 0.15) is 0 Å². The monoisotopic (exact) mass is 369 g/mol. The molecule has 1 unspecified atom stereocenters. The fourth-order valence-electron chi connectivity index (χ4n) is 1.81. The number of hydrogen-bond donors (Lipinski definition) is 1. The molecule has 0 saturated heterocycles. The van der Waals surface area contributed by atoms with Gasteiger partial charge in [-0.15, -0.1) is 5.10 Å². The number of hydrogen-bond acceptors (Lipinski definition) is 5. The molecule has 0 aliphatic carbocycles. The van der Waals surface area contributed by atoms with Crippen LogP contribution in [0.3, 0.4) is 0 Å². The highest BCUT2D eigenvalue weighted by molar-refractivity contribution is 9.10. The summed E-state index contributed by atoms with van der Waals surface area (Å²) in [6.07, 6.45) is 0. The average molecular weight is 370 g/mol. The van der Waals surface area contributed by atoms with E-state index >= 15 is 0 Å². The van der Waals surface area contributed by atoms with Gasteiger partial charge in [-0.1, -0.05) is 17.3 Å². The van der Waals surface area contributed by atoms with E-state index in [9.17, 15) is 8.42 Å². The zero-order valence-corrected chi connectivity index (χ0v) is 13.7. The minimum atomic E-state index is -3.77. The molecule has 1 atom stereocenters. The molecule has 0 fully saturated rings. The normalized spacial score (nSPS) is 12.9. The molecule has 1 heterocycles. The summed E-state index contributed by atoms with van der Waals surface area (Å²) in [5.74, 6) is 0. The molecule has 0 aliphatic rings. The summed E-state index contributed by atoms with van der Waals surface area (Å²) in [4.78, 5) is 0. The van der Waals surface area contributed by atoms with E-state index in [0.29, 0.717) is 5.56 Å². The summed E-state index contributed by atoms with van der Waals surface area (Å²) in [5.41, 5.74) is 1.27. The first-order valence-corrected chi connectivity index (χ1v) is 8.20. The summed E-state index contributed by atoms with van der Waals surface area (Å²) in [6, 6.07) is 8.26. The van der Waals surface area contributed by atoms with Crippen LogP contribution in [0.15, 0.2) is 33.9 Å². The molecule has 0 spiro atoms. The van der Waals surface area contributed by atoms with Crippen molar-refractivity contribution in [2.24, 2.45) is 7.05 Å². The fraction of sp³-hybridized carbons (Fsp3) is 0.250. The Labute approximate surface area is 130 Å². The van der Waals surface area contributed by atoms with Gasteiger partial charge in [-0.3, -0.25) is 0 Å². The van der Waals surface area contributed by atoms with Crippen molar-refractivity contribution in [3.8, 4) is 6.07 Å². The number of benzene rings is 1. The Morgan fingerprint density at radius 2 is 2.00 bits per heavy atom. The van der Waals surface area contributed by atoms with E-state index in [4.69, 9.17) is 5.26 Å². The van der Waals surface area contributed by atoms with Gasteiger partial charge in [-0.25, -0.2) is 17.8 Å². The minimum absolute atomic E-state index is 0.0389. The van der Waals surface area contributed by atoms with Crippen LogP contribution >= 0.6 is 15.9 Å². The molecular weight excluding hydrogens is 358 g/mol. The van der Waals surface area contributed by atoms with Gasteiger partial charge in [-0.2, -0.15) is 5.26 Å². The number of sulfonamides is 1. The quantitative estimate of drug-likeness (QED) is 0.879. The zero-order valence-electron chi connectivity index (χ0n) is 11.3. The number of nitrogens with zero attached hydrogens (tertiary/aromatic N) is 4. The van der Waals surface area contributed by atoms with Crippen LogP contribution < -0.4 is 4.72 Å². The molecule has 110 valence electrons. The maximum Gasteiger partial charge on any atom is 0.261 e. The van der Waals surface area contributed by atoms with Crippen molar-refractivity contribution in [1.29, 1.82) is 5.26 Å². The molecule has 0 aliphatic heterocycles. The van der Waals surface area contributed by atoms with E-state index in [1.165, 1.54) is 11.7 Å². The van der Waals surface area contributed by atoms with Gasteiger partial charge in [0.25, 0.3) is 10.0 Å². The molecule has 1 N–H and O–H groups in total. The first-order chi connectivity index (χ1) is 9.85. The molecule has 2 rings (SSSR count). The van der Waals surface area contributed by atoms with Crippen molar-refractivity contribution in [3.63, 3.8) is 0 Å². The molecule has 0 amide bonds. The second-order valence-corrected chi connectivity index (χ2v) is 6.77. The summed E-state index contributed by atoms with van der Waals surface area (Å²) >= 11 is 3.07. The smallest absolute Gasteiger partial charge is 0.235 e. The second-order valence-electron chi connectivity index (χ2n) is 4.39. The number of aryl methyl sites for hydroxylation is 1. The first kappa shape index (κ1) is 15.6. The average Bonchev–Trinajstić information content (AvgIpc) is 2.78. The maximum absolute atomic E-state index is 12.3. The van der Waals surface area contributed by atoms with Crippen LogP contribution in [-0.2, 0) is 17.1 Å². The summed E-state index contributed by atoms with van der Waals surface area (Å²) < 4.78 is 28.6. The van der Waals surface area contributed by atoms with E-state index in [2.05, 4.69) is 31.0 Å². The Bertz CT molecular complexity index is 773. The largest absolute Gasteiger partial charge is 0.261 e. The van der Waals surface area contributed by atoms with Gasteiger partial charge in [0.05, 0.1) is 11.6 Å². The maximum atomic E-state index is 12.3. The molecule has 9 heteroatoms. The van der Waals surface area contributed by atoms with E-state index in [0.717, 1.165) is 5.56 Å². The van der Waals surface area contributed by atoms with Gasteiger partial charge in [-0.05, 0) is 40.5 Å². The lowest BCUT2D eigenvalue weighted by Gasteiger charge is -2.14. The summed E-state index contributed by atoms with van der Waals surface area (Å²) in [6.45, 7) is 1.72. The lowest BCUT2D eigenvalue weighted by molar-refractivity contribution is 0.548. The van der Waals surface area contributed by atoms with Crippen LogP contribution in [-0.4, -0.2) is 23.4 Å². The highest BCUT2D eigenvalue weighted by Gasteiger charge is 2.26. The van der Waals surface area contributed by atoms with Gasteiger partial charge in [0, 0.05) is 13.1 Å². The van der Waals surface area contributed by atoms with Crippen molar-refractivity contribution < 1.29 is 8.42 Å². The lowest BCUT2D eigenvalue weighted by atomic mass is 10.1. The molecule has 7 nitrogen and oxygen atoms in total. The molecule has 2 aromatic rings. The summed E-state index contributed by atoms with van der Waals surface area (Å²) in [7, 11) is -2.27. The Hall–Kier alpha value is -1.76. The van der Waals surface area contributed by atoms with Crippen molar-refractivity contribution in [1.82, 2.24) is 19.7 Å². The third-order valence-corrected chi connectivity index (χ3v) is 5.29. The Morgan fingerprint density at radius 1 is 1.38 bits per heavy atom. The highest BCUT2D eigenvalue weighted by atomic mass is 79.9. The molecule has 0 radical (unpaired) electrons. The van der Waals surface area contributed by atoms with Crippen LogP contribution in [0.4, 0.5) is 0 Å². The van der Waals surface area contributed by atoms with Crippen molar-refractivity contribution in [2.45, 2.75) is 18.0 Å². The van der Waals surface area contributed by atoms with Crippen LogP contribution in [0.1, 0.15) is 24.1 Å². The number of halogens is 1. The van der Waals surface area contributed by atoms with Gasteiger partial charge in [0.2, 0.25) is 5.03 Å². The lowest BCUT2D eigenvalue weighted by Crippen LogP contribution is -2.28. The summed E-state index contributed by atoms with van der Waals surface area (Å²) in [5, 5.41) is 16.0. The Balaban J connectivity index is 2.26. The van der Waals surface area contributed by atoms with E-state index in [-0.39, 0.29) is 9.63 Å². The standard InChI is InChI=1S/C12H12BrN5O2S/c1-8(10-5-3-9(7-14)4-6-10)16-21(19,20)12-11(13)15-17-18(12)2/h3-6,8,16H,1-2H3. The van der Waals surface area contributed by atoms with Gasteiger partial charge in [0.15, 0.2) is 4.60 Å². The van der Waals surface area contributed by atoms with Crippen LogP contribution in [0.25, 0.3) is 0 Å². The molecule has 0 saturated carbocycles. The van der Waals surface area contributed by atoms with Gasteiger partial charge >= 0.3 is 0 Å². The van der Waals surface area contributed by atoms with Crippen LogP contribution in [0.5, 0.6) is 0 Å². The van der Waals surface area contributed by atoms with Gasteiger partial charge < -0.3 is 0 Å². The van der Waals surface area contributed by atoms with E-state index in [1.54, 1.807) is 31.2 Å². The molecular formula is C12H12BrN5O2S. The van der Waals surface area contributed by atoms with E-state index < -0.39 is 16.1 Å². The highest BCUT2D eigenvalue weighted by Crippen LogP contribution is 2.21. The molecule has 1 aromatic heterocycles. The first-order valence-electron chi connectivity index (χ1n) is 5.92. The van der Waals surface area contributed by atoms with E-state index in [1.807, 2.05) is 6.07 Å². The van der Waals surface area contributed by atoms with Crippen LogP contribution in [0.2, 0.25) is 0 Å². The Kier molecular flexibility index (Phi) is 4.41. The van der Waals surface area contributed by atoms with Crippen molar-refractivity contribution in [2.75, 3.05) is 0 Å². The van der Waals surface area contributed by atoms with Crippen molar-refractivity contribution in [3.05, 3.63) is 40.0 Å². The molecule has 21 heavy (non-hydrogen) atoms. The third-order valence-electron chi connectivity index (χ3n) is 2.86. The molecule has 1 aromatic carbocycles. The third kappa shape index (κ3) is 3.29. The number of rotatable bonds is 4. The van der Waals surface area contributed by atoms with Crippen LogP contribution in [0, 0.1) is 11.3 Å². The Morgan fingerprint density at radius 3 is 2.48 bits per heavy atom. The SMILES string of the molecule is CC(NS(=O)(=O)c1c(Br)nnn1C)c1ccc(C#N)cc1. The number of nitriles is 1. The van der Waals surface area contributed by atoms with Crippen molar-refractivity contribution >= 4 is 26.0 Å². The second kappa shape index (κ2) is 5.93. The number of aromatic nitrogens is 3. The topological polar surface area (TPSA) is 101 Å². The number of nitrogens with one attached hydrogen (secondary N) is 1. The predicted molar refractivity (Wildman–Crippen MR) is 78.6 cm³/mol. The zero-order chi connectivity index (χ0) is 15.6. The fourth-order valence-corrected chi connectivity index (χ4v) is 4.14. The minimum Gasteiger partial charge on any atom is -0.235 e.